The Bertz CT molecular complexity index is 973. The number of hydrogen-bond acceptors (Lipinski definition) is 6. The number of aryl methyl sites for hydroxylation is 2. The molecule has 0 saturated heterocycles. The van der Waals surface area contributed by atoms with Crippen molar-refractivity contribution in [2.45, 2.75) is 20.8 Å². The number of Topliss-reactive ketones (excluding diaryl/α,β-unsaturated/α-hetero) is 1. The van der Waals surface area contributed by atoms with Crippen molar-refractivity contribution in [3.05, 3.63) is 68.5 Å². The van der Waals surface area contributed by atoms with E-state index in [1.54, 1.807) is 0 Å². The summed E-state index contributed by atoms with van der Waals surface area (Å²) >= 11 is 1.52. The van der Waals surface area contributed by atoms with Crippen molar-refractivity contribution < 1.29 is 14.5 Å². The number of nitrogens with zero attached hydrogens (tertiary/aromatic N) is 3. The Morgan fingerprint density at radius 1 is 1.27 bits per heavy atom. The molecule has 2 aromatic heterocycles. The number of nitro benzene ring substituents is 1. The van der Waals surface area contributed by atoms with E-state index in [1.165, 1.54) is 35.6 Å². The van der Waals surface area contributed by atoms with Gasteiger partial charge < -0.3 is 4.74 Å². The summed E-state index contributed by atoms with van der Waals surface area (Å²) in [5, 5.41) is 13.4. The smallest absolute Gasteiger partial charge is 0.269 e. The van der Waals surface area contributed by atoms with E-state index in [0.29, 0.717) is 11.3 Å². The van der Waals surface area contributed by atoms with Gasteiger partial charge >= 0.3 is 0 Å². The van der Waals surface area contributed by atoms with Gasteiger partial charge in [0.1, 0.15) is 5.75 Å². The topological polar surface area (TPSA) is 87.3 Å². The lowest BCUT2D eigenvalue weighted by Gasteiger charge is -2.07. The highest BCUT2D eigenvalue weighted by Crippen LogP contribution is 2.24. The third-order valence-corrected chi connectivity index (χ3v) is 4.89. The second-order valence-electron chi connectivity index (χ2n) is 5.85. The fourth-order valence-electron chi connectivity index (χ4n) is 2.67. The quantitative estimate of drug-likeness (QED) is 0.371. The molecule has 3 rings (SSSR count). The van der Waals surface area contributed by atoms with Crippen LogP contribution in [0, 0.1) is 30.9 Å². The molecule has 7 nitrogen and oxygen atoms in total. The summed E-state index contributed by atoms with van der Waals surface area (Å²) in [5.74, 6) is 0.254. The first-order valence-corrected chi connectivity index (χ1v) is 8.76. The minimum absolute atomic E-state index is 0.0223. The van der Waals surface area contributed by atoms with Crippen molar-refractivity contribution in [1.29, 1.82) is 0 Å². The number of carbonyl (C=O) groups excluding carboxylic acids is 1. The summed E-state index contributed by atoms with van der Waals surface area (Å²) in [7, 11) is 0. The van der Waals surface area contributed by atoms with Crippen LogP contribution in [-0.4, -0.2) is 26.9 Å². The molecule has 0 aliphatic rings. The molecule has 0 unspecified atom stereocenters. The highest BCUT2D eigenvalue weighted by Gasteiger charge is 2.18. The number of ketones is 1. The van der Waals surface area contributed by atoms with Crippen LogP contribution < -0.4 is 4.74 Å². The lowest BCUT2D eigenvalue weighted by Crippen LogP contribution is -2.12. The number of rotatable bonds is 6. The number of ether oxygens (including phenoxy) is 1. The molecule has 0 aliphatic heterocycles. The minimum Gasteiger partial charge on any atom is -0.485 e. The van der Waals surface area contributed by atoms with Gasteiger partial charge in [-0.3, -0.25) is 19.5 Å². The van der Waals surface area contributed by atoms with Crippen molar-refractivity contribution in [3.63, 3.8) is 0 Å². The second kappa shape index (κ2) is 7.09. The summed E-state index contributed by atoms with van der Waals surface area (Å²) in [6.07, 6.45) is 0. The van der Waals surface area contributed by atoms with E-state index in [0.717, 1.165) is 22.2 Å². The molecule has 1 aromatic carbocycles. The molecule has 3 aromatic rings. The van der Waals surface area contributed by atoms with Crippen LogP contribution in [0.1, 0.15) is 27.4 Å². The average molecular weight is 371 g/mol. The van der Waals surface area contributed by atoms with E-state index in [2.05, 4.69) is 4.98 Å². The lowest BCUT2D eigenvalue weighted by molar-refractivity contribution is -0.384. The lowest BCUT2D eigenvalue weighted by atomic mass is 10.1. The Balaban J connectivity index is 1.75. The largest absolute Gasteiger partial charge is 0.485 e. The van der Waals surface area contributed by atoms with Gasteiger partial charge in [-0.1, -0.05) is 0 Å². The number of non-ortho nitro benzene ring substituents is 1. The summed E-state index contributed by atoms with van der Waals surface area (Å²) in [4.78, 5) is 27.2. The zero-order valence-electron chi connectivity index (χ0n) is 14.6. The monoisotopic (exact) mass is 371 g/mol. The van der Waals surface area contributed by atoms with Gasteiger partial charge in [-0.25, -0.2) is 4.98 Å². The van der Waals surface area contributed by atoms with Crippen molar-refractivity contribution in [3.8, 4) is 10.9 Å². The van der Waals surface area contributed by atoms with Crippen LogP contribution in [0.15, 0.2) is 35.7 Å². The van der Waals surface area contributed by atoms with Crippen molar-refractivity contribution in [1.82, 2.24) is 9.55 Å². The highest BCUT2D eigenvalue weighted by molar-refractivity contribution is 7.12. The van der Waals surface area contributed by atoms with E-state index < -0.39 is 4.92 Å². The molecule has 0 bridgehead atoms. The van der Waals surface area contributed by atoms with Crippen LogP contribution in [-0.2, 0) is 0 Å². The van der Waals surface area contributed by atoms with Crippen LogP contribution in [0.2, 0.25) is 0 Å². The van der Waals surface area contributed by atoms with E-state index in [1.807, 2.05) is 36.8 Å². The maximum atomic E-state index is 12.6. The predicted octanol–water partition coefficient (Wildman–Crippen LogP) is 4.03. The molecule has 26 heavy (non-hydrogen) atoms. The fraction of sp³-hybridized carbons (Fsp3) is 0.222. The van der Waals surface area contributed by atoms with Gasteiger partial charge in [-0.2, -0.15) is 0 Å². The first-order valence-electron chi connectivity index (χ1n) is 7.88. The summed E-state index contributed by atoms with van der Waals surface area (Å²) in [6, 6.07) is 7.47. The molecule has 0 saturated carbocycles. The first-order chi connectivity index (χ1) is 12.4. The molecule has 134 valence electrons. The maximum Gasteiger partial charge on any atom is 0.269 e. The number of benzene rings is 1. The zero-order chi connectivity index (χ0) is 18.8. The van der Waals surface area contributed by atoms with Crippen LogP contribution in [0.3, 0.4) is 0 Å². The standard InChI is InChI=1S/C18H17N3O4S/c1-11-10-26-18(19-11)20-12(2)8-16(13(20)3)17(22)9-25-15-6-4-14(5-7-15)21(23)24/h4-8,10H,9H2,1-3H3. The number of thiazole rings is 1. The average Bonchev–Trinajstić information content (AvgIpc) is 3.15. The normalized spacial score (nSPS) is 10.7. The molecular weight excluding hydrogens is 354 g/mol. The summed E-state index contributed by atoms with van der Waals surface area (Å²) in [6.45, 7) is 5.60. The Labute approximate surface area is 154 Å². The first kappa shape index (κ1) is 17.8. The van der Waals surface area contributed by atoms with E-state index in [-0.39, 0.29) is 18.1 Å². The Morgan fingerprint density at radius 2 is 1.96 bits per heavy atom. The van der Waals surface area contributed by atoms with Crippen LogP contribution in [0.5, 0.6) is 5.75 Å². The Kier molecular flexibility index (Phi) is 4.85. The third-order valence-electron chi connectivity index (χ3n) is 3.95. The molecule has 0 atom stereocenters. The van der Waals surface area contributed by atoms with Gasteiger partial charge in [0.15, 0.2) is 11.7 Å². The van der Waals surface area contributed by atoms with E-state index >= 15 is 0 Å². The Hall–Kier alpha value is -3.00. The molecule has 0 fully saturated rings. The number of hydrogen-bond donors (Lipinski definition) is 0. The fourth-order valence-corrected chi connectivity index (χ4v) is 3.59. The van der Waals surface area contributed by atoms with E-state index in [9.17, 15) is 14.9 Å². The van der Waals surface area contributed by atoms with E-state index in [4.69, 9.17) is 4.74 Å². The minimum atomic E-state index is -0.482. The molecule has 2 heterocycles. The van der Waals surface area contributed by atoms with Crippen LogP contribution >= 0.6 is 11.3 Å². The van der Waals surface area contributed by atoms with Gasteiger partial charge in [-0.15, -0.1) is 11.3 Å². The Morgan fingerprint density at radius 3 is 2.54 bits per heavy atom. The van der Waals surface area contributed by atoms with Crippen molar-refractivity contribution in [2.75, 3.05) is 6.61 Å². The number of carbonyl (C=O) groups is 1. The van der Waals surface area contributed by atoms with Crippen LogP contribution in [0.4, 0.5) is 5.69 Å². The number of aromatic nitrogens is 2. The zero-order valence-corrected chi connectivity index (χ0v) is 15.4. The summed E-state index contributed by atoms with van der Waals surface area (Å²) in [5.41, 5.74) is 3.24. The van der Waals surface area contributed by atoms with Gasteiger partial charge in [0.05, 0.1) is 10.6 Å². The molecule has 0 N–H and O–H groups in total. The highest BCUT2D eigenvalue weighted by atomic mass is 32.1. The molecule has 0 spiro atoms. The van der Waals surface area contributed by atoms with Crippen molar-refractivity contribution in [2.24, 2.45) is 0 Å². The summed E-state index contributed by atoms with van der Waals surface area (Å²) < 4.78 is 7.43. The van der Waals surface area contributed by atoms with Crippen LogP contribution in [0.25, 0.3) is 5.13 Å². The maximum absolute atomic E-state index is 12.6. The van der Waals surface area contributed by atoms with Gasteiger partial charge in [0.2, 0.25) is 5.78 Å². The van der Waals surface area contributed by atoms with Gasteiger partial charge in [-0.05, 0) is 39.0 Å². The molecule has 0 radical (unpaired) electrons. The third kappa shape index (κ3) is 3.50. The molecule has 0 amide bonds. The van der Waals surface area contributed by atoms with Crippen molar-refractivity contribution >= 4 is 22.8 Å². The predicted molar refractivity (Wildman–Crippen MR) is 98.6 cm³/mol. The second-order valence-corrected chi connectivity index (χ2v) is 6.69. The SMILES string of the molecule is Cc1csc(-n2c(C)cc(C(=O)COc3ccc([N+](=O)[O-])cc3)c2C)n1. The number of nitro groups is 1. The van der Waals surface area contributed by atoms with Gasteiger partial charge in [0.25, 0.3) is 5.69 Å². The molecular formula is C18H17N3O4S. The van der Waals surface area contributed by atoms with Gasteiger partial charge in [0, 0.05) is 34.5 Å². The molecule has 0 aliphatic carbocycles. The molecule has 8 heteroatoms.